The summed E-state index contributed by atoms with van der Waals surface area (Å²) in [6, 6.07) is 0. The van der Waals surface area contributed by atoms with E-state index in [-0.39, 0.29) is 34.6 Å². The van der Waals surface area contributed by atoms with Crippen LogP contribution in [0.25, 0.3) is 0 Å². The minimum atomic E-state index is -5.53. The zero-order valence-electron chi connectivity index (χ0n) is 20.3. The summed E-state index contributed by atoms with van der Waals surface area (Å²) in [6.45, 7) is 0.787. The van der Waals surface area contributed by atoms with Gasteiger partial charge in [-0.2, -0.15) is 0 Å². The summed E-state index contributed by atoms with van der Waals surface area (Å²) >= 11 is 0. The average Bonchev–Trinajstić information content (AvgIpc) is 2.83. The number of aliphatic hydroxyl groups is 8. The van der Waals surface area contributed by atoms with E-state index < -0.39 is 92.7 Å². The third kappa shape index (κ3) is 8.60. The third-order valence-corrected chi connectivity index (χ3v) is 10.4. The molecule has 12 N–H and O–H groups in total. The zero-order valence-corrected chi connectivity index (χ0v) is 23.7. The second-order valence-corrected chi connectivity index (χ2v) is 13.8. The molecule has 18 nitrogen and oxygen atoms in total. The fraction of sp³-hybridized carbons (Fsp3) is 0.833. The van der Waals surface area contributed by atoms with Crippen molar-refractivity contribution in [2.24, 2.45) is 0 Å². The molecule has 40 heavy (non-hydrogen) atoms. The summed E-state index contributed by atoms with van der Waals surface area (Å²) in [4.78, 5) is 48.4. The predicted molar refractivity (Wildman–Crippen MR) is 133 cm³/mol. The number of ether oxygens (including phenoxy) is 1. The van der Waals surface area contributed by atoms with Gasteiger partial charge in [-0.25, -0.2) is 9.13 Å². The first-order valence-corrected chi connectivity index (χ1v) is 16.4. The van der Waals surface area contributed by atoms with Crippen LogP contribution in [0.5, 0.6) is 0 Å². The van der Waals surface area contributed by atoms with Crippen LogP contribution >= 0.6 is 37.2 Å². The van der Waals surface area contributed by atoms with Crippen molar-refractivity contribution in [2.75, 3.05) is 6.61 Å². The van der Waals surface area contributed by atoms with E-state index in [0.717, 1.165) is 6.92 Å². The van der Waals surface area contributed by atoms with E-state index >= 15 is 0 Å². The molecular weight excluding hydrogens is 630 g/mol. The first-order chi connectivity index (χ1) is 18.2. The lowest BCUT2D eigenvalue weighted by Crippen LogP contribution is -2.69. The van der Waals surface area contributed by atoms with Crippen molar-refractivity contribution in [3.05, 3.63) is 0 Å². The molecule has 0 amide bonds. The number of phosphoric ester groups is 2. The Hall–Kier alpha value is -0.370. The van der Waals surface area contributed by atoms with Crippen molar-refractivity contribution < 1.29 is 88.1 Å². The number of rotatable bonds is 9. The predicted octanol–water partition coefficient (Wildman–Crippen LogP) is -4.70. The summed E-state index contributed by atoms with van der Waals surface area (Å²) < 4.78 is 34.6. The lowest BCUT2D eigenvalue weighted by Gasteiger charge is -2.50. The van der Waals surface area contributed by atoms with Gasteiger partial charge in [0.1, 0.15) is 66.3 Å². The third-order valence-electron chi connectivity index (χ3n) is 5.87. The van der Waals surface area contributed by atoms with Gasteiger partial charge in [0.05, 0.1) is 11.4 Å². The van der Waals surface area contributed by atoms with E-state index in [9.17, 15) is 74.4 Å². The van der Waals surface area contributed by atoms with Gasteiger partial charge in [0.2, 0.25) is 0 Å². The van der Waals surface area contributed by atoms with Gasteiger partial charge in [-0.15, -0.1) is 0 Å². The molecule has 22 heteroatoms. The number of carbonyl (C=O) groups is 1. The normalized spacial score (nSPS) is 40.7. The number of hydrogen-bond acceptors (Lipinski definition) is 16. The van der Waals surface area contributed by atoms with Crippen LogP contribution in [-0.4, -0.2) is 144 Å². The van der Waals surface area contributed by atoms with E-state index in [4.69, 9.17) is 4.74 Å². The smallest absolute Gasteiger partial charge is 0.465 e. The molecule has 0 aliphatic heterocycles. The Bertz CT molecular complexity index is 1040. The SMILES string of the molecule is CC(=O)OCCC#CC1(SSC2C(O)C(O)C(O)C(O)C2OP(=O)(O)O)C(O)C(O)C(O)C(O)C1OP(=O)(O)O. The Morgan fingerprint density at radius 1 is 0.800 bits per heavy atom. The number of aliphatic hydroxyl groups excluding tert-OH is 8. The highest BCUT2D eigenvalue weighted by molar-refractivity contribution is 8.77. The van der Waals surface area contributed by atoms with Crippen molar-refractivity contribution >= 4 is 43.2 Å². The van der Waals surface area contributed by atoms with Gasteiger partial charge < -0.3 is 65.2 Å². The summed E-state index contributed by atoms with van der Waals surface area (Å²) in [5.41, 5.74) is 0. The Labute approximate surface area is 234 Å². The van der Waals surface area contributed by atoms with Gasteiger partial charge in [0.25, 0.3) is 0 Å². The Balaban J connectivity index is 2.58. The van der Waals surface area contributed by atoms with Gasteiger partial charge in [0, 0.05) is 13.3 Å². The van der Waals surface area contributed by atoms with Gasteiger partial charge >= 0.3 is 21.6 Å². The van der Waals surface area contributed by atoms with E-state index in [1.807, 2.05) is 0 Å². The fourth-order valence-corrected chi connectivity index (χ4v) is 8.96. The highest BCUT2D eigenvalue weighted by atomic mass is 33.1. The molecule has 0 aromatic rings. The molecule has 12 unspecified atom stereocenters. The summed E-state index contributed by atoms with van der Waals surface area (Å²) in [5.74, 6) is 4.09. The van der Waals surface area contributed by atoms with E-state index in [1.165, 1.54) is 0 Å². The molecule has 2 rings (SSSR count). The highest BCUT2D eigenvalue weighted by Gasteiger charge is 2.62. The minimum Gasteiger partial charge on any atom is -0.465 e. The largest absolute Gasteiger partial charge is 0.470 e. The molecule has 0 saturated heterocycles. The van der Waals surface area contributed by atoms with E-state index in [1.54, 1.807) is 0 Å². The topological polar surface area (TPSA) is 322 Å². The van der Waals surface area contributed by atoms with Gasteiger partial charge in [-0.05, 0) is 0 Å². The van der Waals surface area contributed by atoms with Crippen LogP contribution in [-0.2, 0) is 27.7 Å². The van der Waals surface area contributed by atoms with Crippen molar-refractivity contribution in [1.29, 1.82) is 0 Å². The number of phosphoric acid groups is 2. The molecule has 0 aromatic carbocycles. The van der Waals surface area contributed by atoms with Crippen LogP contribution < -0.4 is 0 Å². The molecule has 232 valence electrons. The van der Waals surface area contributed by atoms with Crippen LogP contribution in [0.15, 0.2) is 0 Å². The molecular formula is C18H30O18P2S2. The minimum absolute atomic E-state index is 0.210. The first-order valence-electron chi connectivity index (χ1n) is 11.1. The number of esters is 1. The molecule has 0 bridgehead atoms. The standard InChI is InChI=1S/C18H30O18P2S2/c1-6(19)34-5-3-2-4-18(16(27)12(25)9(22)13(26)17(18)36-38(31,32)33)40-39-15-11(24)8(21)7(20)10(23)14(15)35-37(28,29)30/h7-17,20-27H,3,5H2,1H3,(H2,28,29,30)(H2,31,32,33). The number of carbonyl (C=O) groups excluding carboxylic acids is 1. The maximum Gasteiger partial charge on any atom is 0.470 e. The van der Waals surface area contributed by atoms with E-state index in [2.05, 4.69) is 20.9 Å². The molecule has 2 aliphatic carbocycles. The number of hydrogen-bond donors (Lipinski definition) is 12. The Morgan fingerprint density at radius 3 is 1.85 bits per heavy atom. The van der Waals surface area contributed by atoms with Crippen molar-refractivity contribution in [3.8, 4) is 11.8 Å². The highest BCUT2D eigenvalue weighted by Crippen LogP contribution is 2.55. The zero-order chi connectivity index (χ0) is 30.8. The quantitative estimate of drug-likeness (QED) is 0.0363. The maximum absolute atomic E-state index is 11.7. The molecule has 2 fully saturated rings. The second kappa shape index (κ2) is 13.9. The molecule has 0 radical (unpaired) electrons. The molecule has 2 aliphatic rings. The lowest BCUT2D eigenvalue weighted by atomic mass is 9.78. The van der Waals surface area contributed by atoms with Crippen molar-refractivity contribution in [1.82, 2.24) is 0 Å². The van der Waals surface area contributed by atoms with Crippen molar-refractivity contribution in [2.45, 2.75) is 84.4 Å². The summed E-state index contributed by atoms with van der Waals surface area (Å²) in [5, 5.41) is 81.3. The maximum atomic E-state index is 11.7. The summed E-state index contributed by atoms with van der Waals surface area (Å²) in [6.07, 6.45) is -22.3. The van der Waals surface area contributed by atoms with Gasteiger partial charge in [0.15, 0.2) is 0 Å². The van der Waals surface area contributed by atoms with Crippen LogP contribution in [0.1, 0.15) is 13.3 Å². The molecule has 0 aromatic heterocycles. The van der Waals surface area contributed by atoms with Crippen LogP contribution in [0, 0.1) is 11.8 Å². The average molecular weight is 661 g/mol. The Morgan fingerprint density at radius 2 is 1.32 bits per heavy atom. The first kappa shape index (κ1) is 35.8. The molecule has 2 saturated carbocycles. The van der Waals surface area contributed by atoms with Gasteiger partial charge in [-0.1, -0.05) is 33.4 Å². The van der Waals surface area contributed by atoms with Crippen LogP contribution in [0.3, 0.4) is 0 Å². The molecule has 12 atom stereocenters. The monoisotopic (exact) mass is 660 g/mol. The lowest BCUT2D eigenvalue weighted by molar-refractivity contribution is -0.180. The molecule has 0 heterocycles. The van der Waals surface area contributed by atoms with Gasteiger partial charge in [-0.3, -0.25) is 13.8 Å². The summed E-state index contributed by atoms with van der Waals surface area (Å²) in [7, 11) is -10.5. The molecule has 0 spiro atoms. The van der Waals surface area contributed by atoms with Crippen LogP contribution in [0.4, 0.5) is 0 Å². The van der Waals surface area contributed by atoms with Crippen LogP contribution in [0.2, 0.25) is 0 Å². The Kier molecular flexibility index (Phi) is 12.5. The van der Waals surface area contributed by atoms with E-state index in [0.29, 0.717) is 0 Å². The van der Waals surface area contributed by atoms with Crippen molar-refractivity contribution in [3.63, 3.8) is 0 Å². The fourth-order valence-electron chi connectivity index (χ4n) is 3.95. The second-order valence-electron chi connectivity index (χ2n) is 8.79.